The van der Waals surface area contributed by atoms with E-state index in [0.29, 0.717) is 11.4 Å². The number of carbonyl (C=O) groups excluding carboxylic acids is 1. The average molecular weight is 342 g/mol. The third-order valence-electron chi connectivity index (χ3n) is 2.62. The second-order valence-corrected chi connectivity index (χ2v) is 7.15. The lowest BCUT2D eigenvalue weighted by molar-refractivity contribution is -0.114. The Morgan fingerprint density at radius 3 is 2.36 bits per heavy atom. The Kier molecular flexibility index (Phi) is 6.44. The Balaban J connectivity index is 2.72. The Morgan fingerprint density at radius 2 is 1.86 bits per heavy atom. The highest BCUT2D eigenvalue weighted by molar-refractivity contribution is 7.91. The van der Waals surface area contributed by atoms with Crippen LogP contribution in [0, 0.1) is 0 Å². The minimum absolute atomic E-state index is 0.0239. The van der Waals surface area contributed by atoms with Gasteiger partial charge in [0, 0.05) is 24.7 Å². The van der Waals surface area contributed by atoms with Crippen LogP contribution in [0.15, 0.2) is 34.3 Å². The predicted molar refractivity (Wildman–Crippen MR) is 90.4 cm³/mol. The molecule has 22 heavy (non-hydrogen) atoms. The first-order valence-electron chi connectivity index (χ1n) is 6.40. The van der Waals surface area contributed by atoms with E-state index in [1.165, 1.54) is 19.1 Å². The quantitative estimate of drug-likeness (QED) is 0.404. The molecule has 0 spiro atoms. The van der Waals surface area contributed by atoms with Crippen molar-refractivity contribution < 1.29 is 13.2 Å². The van der Waals surface area contributed by atoms with Gasteiger partial charge in [0.1, 0.15) is 0 Å². The molecule has 9 heteroatoms. The molecule has 0 aliphatic heterocycles. The van der Waals surface area contributed by atoms with E-state index >= 15 is 0 Å². The molecule has 0 heterocycles. The molecule has 1 aromatic rings. The molecule has 0 bridgehead atoms. The van der Waals surface area contributed by atoms with Crippen LogP contribution in [0.5, 0.6) is 0 Å². The van der Waals surface area contributed by atoms with E-state index in [-0.39, 0.29) is 28.1 Å². The second-order valence-electron chi connectivity index (χ2n) is 4.60. The number of benzene rings is 1. The molecule has 0 unspecified atom stereocenters. The number of hydrogen-bond acceptors (Lipinski definition) is 5. The van der Waals surface area contributed by atoms with Crippen LogP contribution < -0.4 is 16.5 Å². The van der Waals surface area contributed by atoms with Gasteiger partial charge in [-0.05, 0) is 43.4 Å². The summed E-state index contributed by atoms with van der Waals surface area (Å²) < 4.78 is 24.4. The molecule has 1 aromatic carbocycles. The van der Waals surface area contributed by atoms with E-state index in [9.17, 15) is 13.2 Å². The monoisotopic (exact) mass is 342 g/mol. The Labute approximate surface area is 134 Å². The van der Waals surface area contributed by atoms with Crippen molar-refractivity contribution in [3.05, 3.63) is 24.3 Å². The summed E-state index contributed by atoms with van der Waals surface area (Å²) in [5, 5.41) is 6.46. The topological polar surface area (TPSA) is 114 Å². The summed E-state index contributed by atoms with van der Waals surface area (Å²) in [7, 11) is -3.42. The molecule has 0 saturated heterocycles. The van der Waals surface area contributed by atoms with E-state index in [1.807, 2.05) is 0 Å². The van der Waals surface area contributed by atoms with Gasteiger partial charge in [-0.1, -0.05) is 0 Å². The van der Waals surface area contributed by atoms with Gasteiger partial charge in [0.05, 0.1) is 10.6 Å². The summed E-state index contributed by atoms with van der Waals surface area (Å²) in [6.07, 6.45) is 0.255. The Morgan fingerprint density at radius 1 is 1.27 bits per heavy atom. The van der Waals surface area contributed by atoms with Crippen molar-refractivity contribution in [2.24, 2.45) is 10.8 Å². The lowest BCUT2D eigenvalue weighted by Crippen LogP contribution is -2.25. The number of amides is 1. The highest BCUT2D eigenvalue weighted by atomic mass is 32.2. The molecule has 0 radical (unpaired) electrons. The summed E-state index contributed by atoms with van der Waals surface area (Å²) >= 11 is 4.60. The fraction of sp³-hybridized carbons (Fsp3) is 0.308. The zero-order chi connectivity index (χ0) is 16.8. The van der Waals surface area contributed by atoms with E-state index < -0.39 is 9.84 Å². The number of nitrogens with zero attached hydrogens (tertiary/aromatic N) is 1. The molecule has 1 rings (SSSR count). The molecule has 0 atom stereocenters. The number of hydrazone groups is 1. The van der Waals surface area contributed by atoms with Crippen molar-refractivity contribution in [2.75, 3.05) is 11.1 Å². The number of hydrogen-bond donors (Lipinski definition) is 3. The number of rotatable bonds is 6. The second kappa shape index (κ2) is 7.85. The minimum atomic E-state index is -3.42. The smallest absolute Gasteiger partial charge is 0.221 e. The third-order valence-corrected chi connectivity index (χ3v) is 4.45. The normalized spacial score (nSPS) is 11.8. The minimum Gasteiger partial charge on any atom is -0.375 e. The Bertz CT molecular complexity index is 682. The molecule has 4 N–H and O–H groups in total. The molecule has 0 aromatic heterocycles. The first-order chi connectivity index (χ1) is 10.2. The van der Waals surface area contributed by atoms with Crippen molar-refractivity contribution in [2.45, 2.75) is 25.2 Å². The largest absolute Gasteiger partial charge is 0.375 e. The number of thiocarbonyl (C=S) groups is 1. The summed E-state index contributed by atoms with van der Waals surface area (Å²) in [4.78, 5) is 11.1. The average Bonchev–Trinajstić information content (AvgIpc) is 2.43. The third kappa shape index (κ3) is 6.19. The fourth-order valence-corrected chi connectivity index (χ4v) is 2.95. The van der Waals surface area contributed by atoms with E-state index in [2.05, 4.69) is 28.1 Å². The lowest BCUT2D eigenvalue weighted by atomic mass is 10.3. The van der Waals surface area contributed by atoms with Crippen LogP contribution in [0.25, 0.3) is 0 Å². The number of nitrogens with two attached hydrogens (primary N) is 1. The number of sulfone groups is 1. The summed E-state index contributed by atoms with van der Waals surface area (Å²) in [5.74, 6) is -0.298. The first-order valence-corrected chi connectivity index (χ1v) is 8.46. The maximum absolute atomic E-state index is 12.2. The highest BCUT2D eigenvalue weighted by Gasteiger charge is 2.14. The summed E-state index contributed by atoms with van der Waals surface area (Å²) in [6, 6.07) is 6.01. The van der Waals surface area contributed by atoms with Crippen molar-refractivity contribution >= 4 is 44.5 Å². The molecule has 0 aliphatic rings. The summed E-state index contributed by atoms with van der Waals surface area (Å²) in [6.45, 7) is 3.06. The van der Waals surface area contributed by atoms with Gasteiger partial charge in [-0.3, -0.25) is 10.2 Å². The van der Waals surface area contributed by atoms with E-state index in [4.69, 9.17) is 5.73 Å². The van der Waals surface area contributed by atoms with Crippen LogP contribution in [0.2, 0.25) is 0 Å². The van der Waals surface area contributed by atoms with Gasteiger partial charge in [0.25, 0.3) is 0 Å². The van der Waals surface area contributed by atoms with Crippen LogP contribution in [-0.2, 0) is 14.6 Å². The van der Waals surface area contributed by atoms with Gasteiger partial charge >= 0.3 is 0 Å². The molecule has 0 aliphatic carbocycles. The molecule has 120 valence electrons. The number of nitrogens with one attached hydrogen (secondary N) is 2. The molecular weight excluding hydrogens is 324 g/mol. The van der Waals surface area contributed by atoms with Gasteiger partial charge in [-0.25, -0.2) is 8.42 Å². The van der Waals surface area contributed by atoms with Crippen molar-refractivity contribution in [3.8, 4) is 0 Å². The molecule has 0 fully saturated rings. The Hall–Kier alpha value is -2.00. The number of anilines is 1. The van der Waals surface area contributed by atoms with Crippen molar-refractivity contribution in [1.82, 2.24) is 5.43 Å². The standard InChI is InChI=1S/C13H18N4O3S2/c1-9(16-17-13(14)21)7-8-22(19,20)12-5-3-11(4-6-12)15-10(2)18/h3-6H,7-8H2,1-2H3,(H,15,18)(H3,14,17,21)/b16-9+. The van der Waals surface area contributed by atoms with Crippen LogP contribution in [0.1, 0.15) is 20.3 Å². The SMILES string of the molecule is CC(=O)Nc1ccc(S(=O)(=O)CC/C(C)=N/NC(N)=S)cc1. The zero-order valence-electron chi connectivity index (χ0n) is 12.3. The fourth-order valence-electron chi connectivity index (χ4n) is 1.56. The highest BCUT2D eigenvalue weighted by Crippen LogP contribution is 2.16. The molecule has 7 nitrogen and oxygen atoms in total. The first kappa shape index (κ1) is 18.1. The maximum Gasteiger partial charge on any atom is 0.221 e. The van der Waals surface area contributed by atoms with Gasteiger partial charge in [-0.15, -0.1) is 0 Å². The summed E-state index contributed by atoms with van der Waals surface area (Å²) in [5.41, 5.74) is 8.76. The maximum atomic E-state index is 12.2. The van der Waals surface area contributed by atoms with Gasteiger partial charge < -0.3 is 11.1 Å². The van der Waals surface area contributed by atoms with Crippen LogP contribution in [-0.4, -0.2) is 30.9 Å². The zero-order valence-corrected chi connectivity index (χ0v) is 13.9. The number of carbonyl (C=O) groups is 1. The van der Waals surface area contributed by atoms with Crippen LogP contribution in [0.4, 0.5) is 5.69 Å². The van der Waals surface area contributed by atoms with E-state index in [0.717, 1.165) is 0 Å². The van der Waals surface area contributed by atoms with Crippen molar-refractivity contribution in [1.29, 1.82) is 0 Å². The lowest BCUT2D eigenvalue weighted by Gasteiger charge is -2.06. The predicted octanol–water partition coefficient (Wildman–Crippen LogP) is 1.02. The van der Waals surface area contributed by atoms with Gasteiger partial charge in [0.2, 0.25) is 5.91 Å². The van der Waals surface area contributed by atoms with Crippen LogP contribution >= 0.6 is 12.2 Å². The van der Waals surface area contributed by atoms with Crippen LogP contribution in [0.3, 0.4) is 0 Å². The van der Waals surface area contributed by atoms with E-state index in [1.54, 1.807) is 19.1 Å². The molecule has 0 saturated carbocycles. The van der Waals surface area contributed by atoms with Crippen molar-refractivity contribution in [3.63, 3.8) is 0 Å². The van der Waals surface area contributed by atoms with Gasteiger partial charge in [0.15, 0.2) is 14.9 Å². The molecular formula is C13H18N4O3S2. The van der Waals surface area contributed by atoms with Gasteiger partial charge in [-0.2, -0.15) is 5.10 Å². The molecule has 1 amide bonds.